The fourth-order valence-corrected chi connectivity index (χ4v) is 3.38. The Morgan fingerprint density at radius 3 is 2.57 bits per heavy atom. The fourth-order valence-electron chi connectivity index (χ4n) is 2.04. The van der Waals surface area contributed by atoms with Crippen LogP contribution < -0.4 is 0 Å². The first-order valence-electron chi connectivity index (χ1n) is 6.28. The van der Waals surface area contributed by atoms with Crippen molar-refractivity contribution in [1.29, 1.82) is 0 Å². The number of non-ortho nitro benzene ring substituents is 1. The van der Waals surface area contributed by atoms with Gasteiger partial charge in [-0.1, -0.05) is 0 Å². The van der Waals surface area contributed by atoms with Crippen LogP contribution in [0.5, 0.6) is 0 Å². The van der Waals surface area contributed by atoms with Crippen LogP contribution in [0, 0.1) is 14.1 Å². The number of benzene rings is 1. The molecule has 2 rings (SSSR count). The van der Waals surface area contributed by atoms with Crippen molar-refractivity contribution in [3.8, 4) is 0 Å². The molecule has 0 radical (unpaired) electrons. The predicted molar refractivity (Wildman–Crippen MR) is 83.0 cm³/mol. The van der Waals surface area contributed by atoms with E-state index >= 15 is 0 Å². The molecule has 2 N–H and O–H groups in total. The third-order valence-electron chi connectivity index (χ3n) is 3.04. The molecule has 0 aliphatic rings. The van der Waals surface area contributed by atoms with Gasteiger partial charge in [-0.25, -0.2) is 0 Å². The summed E-state index contributed by atoms with van der Waals surface area (Å²) in [5, 5.41) is 28.9. The summed E-state index contributed by atoms with van der Waals surface area (Å²) in [6.45, 7) is 1.25. The van der Waals surface area contributed by atoms with Gasteiger partial charge in [0.2, 0.25) is 0 Å². The smallest absolute Gasteiger partial charge is 0.270 e. The molecule has 0 bridgehead atoms. The standard InChI is InChI=1S/C12H15N3O4S2/c16-5-3-13(4-6-17)8-14-10-2-1-9(15(18)19)7-11(10)21-12(14)20/h1-2,7,16-17H,3-6,8H2. The van der Waals surface area contributed by atoms with Crippen LogP contribution in [0.3, 0.4) is 0 Å². The average Bonchev–Trinajstić information content (AvgIpc) is 2.75. The fraction of sp³-hybridized carbons (Fsp3) is 0.417. The number of nitrogens with zero attached hydrogens (tertiary/aromatic N) is 3. The molecule has 0 saturated carbocycles. The summed E-state index contributed by atoms with van der Waals surface area (Å²) in [4.78, 5) is 12.2. The summed E-state index contributed by atoms with van der Waals surface area (Å²) in [7, 11) is 0. The molecule has 1 aromatic carbocycles. The van der Waals surface area contributed by atoms with Gasteiger partial charge in [0.25, 0.3) is 5.69 Å². The average molecular weight is 329 g/mol. The summed E-state index contributed by atoms with van der Waals surface area (Å²) in [5.74, 6) is 0. The number of nitro groups is 1. The molecule has 0 amide bonds. The van der Waals surface area contributed by atoms with Gasteiger partial charge < -0.3 is 14.8 Å². The van der Waals surface area contributed by atoms with Gasteiger partial charge in [-0.2, -0.15) is 0 Å². The Morgan fingerprint density at radius 2 is 2.00 bits per heavy atom. The molecular formula is C12H15N3O4S2. The molecule has 1 aromatic heterocycles. The zero-order chi connectivity index (χ0) is 15.4. The summed E-state index contributed by atoms with van der Waals surface area (Å²) in [5.41, 5.74) is 0.852. The van der Waals surface area contributed by atoms with Crippen LogP contribution in [0.2, 0.25) is 0 Å². The lowest BCUT2D eigenvalue weighted by Gasteiger charge is -2.21. The van der Waals surface area contributed by atoms with E-state index in [9.17, 15) is 10.1 Å². The van der Waals surface area contributed by atoms with Gasteiger partial charge in [0.15, 0.2) is 3.95 Å². The number of thiazole rings is 1. The van der Waals surface area contributed by atoms with Crippen LogP contribution in [-0.4, -0.2) is 50.9 Å². The third-order valence-corrected chi connectivity index (χ3v) is 4.45. The number of nitro benzene ring substituents is 1. The van der Waals surface area contributed by atoms with Gasteiger partial charge in [-0.05, 0) is 18.3 Å². The summed E-state index contributed by atoms with van der Waals surface area (Å²) in [6.07, 6.45) is 0. The maximum atomic E-state index is 10.8. The van der Waals surface area contributed by atoms with E-state index in [1.54, 1.807) is 6.07 Å². The highest BCUT2D eigenvalue weighted by Crippen LogP contribution is 2.27. The Balaban J connectivity index is 2.37. The molecule has 0 atom stereocenters. The monoisotopic (exact) mass is 329 g/mol. The lowest BCUT2D eigenvalue weighted by atomic mass is 10.3. The van der Waals surface area contributed by atoms with Gasteiger partial charge in [0, 0.05) is 25.2 Å². The van der Waals surface area contributed by atoms with Crippen molar-refractivity contribution in [3.05, 3.63) is 32.3 Å². The van der Waals surface area contributed by atoms with E-state index in [4.69, 9.17) is 22.4 Å². The van der Waals surface area contributed by atoms with Crippen molar-refractivity contribution in [3.63, 3.8) is 0 Å². The van der Waals surface area contributed by atoms with Crippen LogP contribution in [0.15, 0.2) is 18.2 Å². The second-order valence-electron chi connectivity index (χ2n) is 4.41. The summed E-state index contributed by atoms with van der Waals surface area (Å²) < 4.78 is 3.21. The van der Waals surface area contributed by atoms with E-state index in [1.165, 1.54) is 23.5 Å². The van der Waals surface area contributed by atoms with Crippen LogP contribution in [0.4, 0.5) is 5.69 Å². The Morgan fingerprint density at radius 1 is 1.33 bits per heavy atom. The van der Waals surface area contributed by atoms with Crippen molar-refractivity contribution in [2.24, 2.45) is 0 Å². The second kappa shape index (κ2) is 7.05. The maximum Gasteiger partial charge on any atom is 0.270 e. The maximum absolute atomic E-state index is 10.8. The zero-order valence-electron chi connectivity index (χ0n) is 11.1. The van der Waals surface area contributed by atoms with Crippen molar-refractivity contribution in [2.75, 3.05) is 26.3 Å². The Hall–Kier alpha value is -1.39. The molecule has 7 nitrogen and oxygen atoms in total. The van der Waals surface area contributed by atoms with E-state index < -0.39 is 4.92 Å². The highest BCUT2D eigenvalue weighted by Gasteiger charge is 2.13. The first kappa shape index (κ1) is 16.0. The first-order chi connectivity index (χ1) is 10.1. The molecule has 0 unspecified atom stereocenters. The van der Waals surface area contributed by atoms with E-state index in [0.717, 1.165) is 10.2 Å². The van der Waals surface area contributed by atoms with E-state index in [-0.39, 0.29) is 18.9 Å². The van der Waals surface area contributed by atoms with Gasteiger partial charge >= 0.3 is 0 Å². The van der Waals surface area contributed by atoms with Crippen LogP contribution in [-0.2, 0) is 6.67 Å². The third kappa shape index (κ3) is 3.63. The van der Waals surface area contributed by atoms with Crippen molar-refractivity contribution < 1.29 is 15.1 Å². The molecule has 0 spiro atoms. The minimum absolute atomic E-state index is 0.0130. The molecular weight excluding hydrogens is 314 g/mol. The summed E-state index contributed by atoms with van der Waals surface area (Å²) in [6, 6.07) is 4.63. The molecule has 114 valence electrons. The minimum atomic E-state index is -0.434. The number of aliphatic hydroxyl groups excluding tert-OH is 2. The number of hydrogen-bond acceptors (Lipinski definition) is 7. The number of aromatic nitrogens is 1. The summed E-state index contributed by atoms with van der Waals surface area (Å²) >= 11 is 6.62. The van der Waals surface area contributed by atoms with Crippen LogP contribution >= 0.6 is 23.6 Å². The Labute approximate surface area is 129 Å². The highest BCUT2D eigenvalue weighted by atomic mass is 32.1. The molecule has 2 aromatic rings. The lowest BCUT2D eigenvalue weighted by Crippen LogP contribution is -2.31. The molecule has 0 aliphatic carbocycles. The zero-order valence-corrected chi connectivity index (χ0v) is 12.8. The SMILES string of the molecule is O=[N+]([O-])c1ccc2c(c1)sc(=S)n2CN(CCO)CCO. The highest BCUT2D eigenvalue weighted by molar-refractivity contribution is 7.73. The number of hydrogen-bond donors (Lipinski definition) is 2. The molecule has 0 saturated heterocycles. The Bertz CT molecular complexity index is 691. The van der Waals surface area contributed by atoms with Gasteiger partial charge in [-0.15, -0.1) is 11.3 Å². The predicted octanol–water partition coefficient (Wildman–Crippen LogP) is 1.58. The van der Waals surface area contributed by atoms with E-state index in [1.807, 2.05) is 9.47 Å². The molecule has 9 heteroatoms. The van der Waals surface area contributed by atoms with Gasteiger partial charge in [0.1, 0.15) is 0 Å². The van der Waals surface area contributed by atoms with Crippen molar-refractivity contribution in [1.82, 2.24) is 9.47 Å². The lowest BCUT2D eigenvalue weighted by molar-refractivity contribution is -0.384. The largest absolute Gasteiger partial charge is 0.395 e. The normalized spacial score (nSPS) is 11.4. The van der Waals surface area contributed by atoms with Gasteiger partial charge in [-0.3, -0.25) is 15.0 Å². The molecule has 21 heavy (non-hydrogen) atoms. The Kier molecular flexibility index (Phi) is 5.37. The number of rotatable bonds is 7. The van der Waals surface area contributed by atoms with E-state index in [0.29, 0.717) is 23.7 Å². The second-order valence-corrected chi connectivity index (χ2v) is 6.09. The van der Waals surface area contributed by atoms with Crippen molar-refractivity contribution >= 4 is 39.5 Å². The van der Waals surface area contributed by atoms with E-state index in [2.05, 4.69) is 0 Å². The number of aliphatic hydroxyl groups is 2. The van der Waals surface area contributed by atoms with Crippen LogP contribution in [0.1, 0.15) is 0 Å². The van der Waals surface area contributed by atoms with Crippen LogP contribution in [0.25, 0.3) is 10.2 Å². The molecule has 0 fully saturated rings. The topological polar surface area (TPSA) is 91.8 Å². The van der Waals surface area contributed by atoms with Crippen molar-refractivity contribution in [2.45, 2.75) is 6.67 Å². The molecule has 0 aliphatic heterocycles. The molecule has 1 heterocycles. The number of fused-ring (bicyclic) bond motifs is 1. The first-order valence-corrected chi connectivity index (χ1v) is 7.51. The minimum Gasteiger partial charge on any atom is -0.395 e. The quantitative estimate of drug-likeness (QED) is 0.455. The van der Waals surface area contributed by atoms with Gasteiger partial charge in [0.05, 0.1) is 35.0 Å².